The quantitative estimate of drug-likeness (QED) is 0.167. The second-order valence-corrected chi connectivity index (χ2v) is 5.31. The third-order valence-electron chi connectivity index (χ3n) is 2.14. The van der Waals surface area contributed by atoms with Gasteiger partial charge in [-0.1, -0.05) is 0 Å². The van der Waals surface area contributed by atoms with Crippen molar-refractivity contribution in [2.45, 2.75) is 45.3 Å². The fraction of sp³-hybridized carbons (Fsp3) is 0.727. The Bertz CT molecular complexity index is 445. The van der Waals surface area contributed by atoms with Crippen molar-refractivity contribution >= 4 is 18.0 Å². The highest BCUT2D eigenvalue weighted by Crippen LogP contribution is 2.07. The smallest absolute Gasteiger partial charge is 0.408 e. The van der Waals surface area contributed by atoms with Crippen molar-refractivity contribution in [1.29, 1.82) is 0 Å². The zero-order valence-electron chi connectivity index (χ0n) is 12.6. The summed E-state index contributed by atoms with van der Waals surface area (Å²) >= 11 is 0. The maximum atomic E-state index is 11.5. The van der Waals surface area contributed by atoms with E-state index in [0.717, 1.165) is 0 Å². The van der Waals surface area contributed by atoms with Crippen molar-refractivity contribution in [3.05, 3.63) is 10.1 Å². The molecule has 0 aromatic carbocycles. The Morgan fingerprint density at radius 3 is 2.45 bits per heavy atom. The fourth-order valence-electron chi connectivity index (χ4n) is 1.34. The van der Waals surface area contributed by atoms with Gasteiger partial charge in [-0.3, -0.25) is 0 Å². The number of nitro groups is 1. The molecular formula is C11H20N5O6-. The molecule has 11 nitrogen and oxygen atoms in total. The SMILES string of the molecule is CC(C)(C)OC(=O)N[C@H](CCCN/C(N)=N\[N+](=O)[O-])C(=O)[O-]. The molecule has 0 rings (SSSR count). The molecule has 0 fully saturated rings. The summed E-state index contributed by atoms with van der Waals surface area (Å²) in [5.74, 6) is -1.85. The van der Waals surface area contributed by atoms with Gasteiger partial charge in [0.05, 0.1) is 12.0 Å². The molecule has 0 aliphatic carbocycles. The maximum absolute atomic E-state index is 11.5. The van der Waals surface area contributed by atoms with Crippen molar-refractivity contribution in [2.24, 2.45) is 10.8 Å². The number of carboxylic acids is 1. The number of amides is 1. The summed E-state index contributed by atoms with van der Waals surface area (Å²) in [6.07, 6.45) is -0.591. The summed E-state index contributed by atoms with van der Waals surface area (Å²) in [7, 11) is 0. The van der Waals surface area contributed by atoms with Gasteiger partial charge < -0.3 is 31.0 Å². The number of carbonyl (C=O) groups excluding carboxylic acids is 2. The Balaban J connectivity index is 4.24. The first-order chi connectivity index (χ1) is 10.0. The van der Waals surface area contributed by atoms with Crippen LogP contribution in [-0.2, 0) is 9.53 Å². The molecule has 11 heteroatoms. The number of carboxylic acid groups (broad SMARTS) is 1. The molecule has 0 bridgehead atoms. The van der Waals surface area contributed by atoms with Crippen LogP contribution in [0.15, 0.2) is 5.10 Å². The molecule has 0 radical (unpaired) electrons. The molecule has 0 spiro atoms. The Morgan fingerprint density at radius 1 is 1.41 bits per heavy atom. The first-order valence-corrected chi connectivity index (χ1v) is 6.44. The number of alkyl carbamates (subject to hydrolysis) is 1. The van der Waals surface area contributed by atoms with Crippen molar-refractivity contribution in [1.82, 2.24) is 10.6 Å². The summed E-state index contributed by atoms with van der Waals surface area (Å²) < 4.78 is 4.94. The molecule has 0 aromatic heterocycles. The van der Waals surface area contributed by atoms with Gasteiger partial charge in [-0.25, -0.2) is 14.9 Å². The van der Waals surface area contributed by atoms with Gasteiger partial charge in [0.25, 0.3) is 5.96 Å². The second kappa shape index (κ2) is 8.64. The van der Waals surface area contributed by atoms with Gasteiger partial charge in [0.15, 0.2) is 5.03 Å². The van der Waals surface area contributed by atoms with Crippen LogP contribution in [0.4, 0.5) is 4.79 Å². The summed E-state index contributed by atoms with van der Waals surface area (Å²) in [6, 6.07) is -1.25. The fourth-order valence-corrected chi connectivity index (χ4v) is 1.34. The van der Waals surface area contributed by atoms with E-state index in [1.54, 1.807) is 20.8 Å². The van der Waals surface area contributed by atoms with Crippen molar-refractivity contribution in [2.75, 3.05) is 6.54 Å². The zero-order valence-corrected chi connectivity index (χ0v) is 12.6. The number of carbonyl (C=O) groups is 2. The van der Waals surface area contributed by atoms with Crippen molar-refractivity contribution in [3.8, 4) is 0 Å². The topological polar surface area (TPSA) is 172 Å². The molecule has 126 valence electrons. The predicted octanol–water partition coefficient (Wildman–Crippen LogP) is -1.49. The number of ether oxygens (including phenoxy) is 1. The molecule has 4 N–H and O–H groups in total. The molecule has 0 heterocycles. The normalized spacial score (nSPS) is 13.1. The Labute approximate surface area is 127 Å². The first kappa shape index (κ1) is 19.4. The summed E-state index contributed by atoms with van der Waals surface area (Å²) in [6.45, 7) is 5.06. The Hall–Kier alpha value is -2.59. The minimum atomic E-state index is -1.46. The van der Waals surface area contributed by atoms with Gasteiger partial charge in [-0.2, -0.15) is 0 Å². The minimum absolute atomic E-state index is 0.0281. The molecule has 0 aliphatic rings. The van der Waals surface area contributed by atoms with Crippen LogP contribution in [0.25, 0.3) is 0 Å². The van der Waals surface area contributed by atoms with Gasteiger partial charge in [-0.15, -0.1) is 0 Å². The Kier molecular flexibility index (Phi) is 7.63. The van der Waals surface area contributed by atoms with Crippen molar-refractivity contribution < 1.29 is 24.5 Å². The number of nitrogens with two attached hydrogens (primary N) is 1. The van der Waals surface area contributed by atoms with E-state index >= 15 is 0 Å². The standard InChI is InChI=1S/C11H21N5O6/c1-11(2,3)22-10(19)14-7(8(17)18)5-4-6-13-9(12)15-16(20)21/h7H,4-6H2,1-3H3,(H,14,19)(H,17,18)(H3,12,13,15)/p-1/t7-/m1/s1. The van der Waals surface area contributed by atoms with E-state index in [-0.39, 0.29) is 19.4 Å². The van der Waals surface area contributed by atoms with E-state index in [2.05, 4.69) is 15.7 Å². The van der Waals surface area contributed by atoms with Crippen LogP contribution in [0.5, 0.6) is 0 Å². The highest BCUT2D eigenvalue weighted by atomic mass is 16.7. The number of rotatable bonds is 7. The van der Waals surface area contributed by atoms with Crippen LogP contribution in [-0.4, -0.2) is 41.2 Å². The molecule has 1 amide bonds. The van der Waals surface area contributed by atoms with Crippen LogP contribution in [0, 0.1) is 10.1 Å². The molecule has 0 aliphatic heterocycles. The van der Waals surface area contributed by atoms with Crippen LogP contribution < -0.4 is 21.5 Å². The number of guanidine groups is 1. The maximum Gasteiger partial charge on any atom is 0.408 e. The third kappa shape index (κ3) is 10.2. The molecule has 22 heavy (non-hydrogen) atoms. The largest absolute Gasteiger partial charge is 0.548 e. The van der Waals surface area contributed by atoms with Crippen LogP contribution in [0.2, 0.25) is 0 Å². The minimum Gasteiger partial charge on any atom is -0.548 e. The number of hydrazone groups is 1. The van der Waals surface area contributed by atoms with Gasteiger partial charge in [0.2, 0.25) is 0 Å². The van der Waals surface area contributed by atoms with Crippen LogP contribution in [0.1, 0.15) is 33.6 Å². The Morgan fingerprint density at radius 2 is 2.00 bits per heavy atom. The van der Waals surface area contributed by atoms with Crippen molar-refractivity contribution in [3.63, 3.8) is 0 Å². The van der Waals surface area contributed by atoms with Gasteiger partial charge in [0, 0.05) is 6.54 Å². The number of aliphatic carboxylic acids is 1. The van der Waals surface area contributed by atoms with Crippen LogP contribution >= 0.6 is 0 Å². The van der Waals surface area contributed by atoms with Gasteiger partial charge in [-0.05, 0) is 33.6 Å². The summed E-state index contributed by atoms with van der Waals surface area (Å²) in [5.41, 5.74) is 4.43. The monoisotopic (exact) mass is 318 g/mol. The van der Waals surface area contributed by atoms with E-state index in [9.17, 15) is 24.8 Å². The predicted molar refractivity (Wildman–Crippen MR) is 74.0 cm³/mol. The van der Waals surface area contributed by atoms with E-state index in [1.165, 1.54) is 0 Å². The highest BCUT2D eigenvalue weighted by molar-refractivity contribution is 5.78. The van der Waals surface area contributed by atoms with E-state index in [0.29, 0.717) is 0 Å². The van der Waals surface area contributed by atoms with Gasteiger partial charge >= 0.3 is 6.09 Å². The first-order valence-electron chi connectivity index (χ1n) is 6.44. The summed E-state index contributed by atoms with van der Waals surface area (Å²) in [4.78, 5) is 32.4. The summed E-state index contributed by atoms with van der Waals surface area (Å²) in [5, 5.41) is 27.4. The lowest BCUT2D eigenvalue weighted by molar-refractivity contribution is -0.485. The van der Waals surface area contributed by atoms with E-state index in [1.807, 2.05) is 0 Å². The lowest BCUT2D eigenvalue weighted by atomic mass is 10.1. The van der Waals surface area contributed by atoms with E-state index in [4.69, 9.17) is 10.5 Å². The van der Waals surface area contributed by atoms with E-state index < -0.39 is 34.7 Å². The number of hydrogen-bond donors (Lipinski definition) is 3. The third-order valence-corrected chi connectivity index (χ3v) is 2.14. The highest BCUT2D eigenvalue weighted by Gasteiger charge is 2.19. The lowest BCUT2D eigenvalue weighted by Crippen LogP contribution is -2.49. The zero-order chi connectivity index (χ0) is 17.3. The molecule has 0 saturated heterocycles. The molecule has 0 aromatic rings. The second-order valence-electron chi connectivity index (χ2n) is 5.31. The average molecular weight is 318 g/mol. The lowest BCUT2D eigenvalue weighted by Gasteiger charge is -2.24. The number of nitrogens with one attached hydrogen (secondary N) is 2. The van der Waals surface area contributed by atoms with Crippen LogP contribution in [0.3, 0.4) is 0 Å². The number of hydrogen-bond acceptors (Lipinski definition) is 6. The molecule has 0 unspecified atom stereocenters. The molecule has 1 atom stereocenters. The molecule has 0 saturated carbocycles. The number of nitrogens with zero attached hydrogens (tertiary/aromatic N) is 2. The average Bonchev–Trinajstić information content (AvgIpc) is 2.29. The molecular weight excluding hydrogens is 298 g/mol. The van der Waals surface area contributed by atoms with Gasteiger partial charge in [0.1, 0.15) is 10.7 Å².